The Bertz CT molecular complexity index is 344. The van der Waals surface area contributed by atoms with Crippen LogP contribution < -0.4 is 5.32 Å². The van der Waals surface area contributed by atoms with E-state index in [2.05, 4.69) is 5.32 Å². The van der Waals surface area contributed by atoms with Gasteiger partial charge >= 0.3 is 0 Å². The van der Waals surface area contributed by atoms with Crippen molar-refractivity contribution in [3.05, 3.63) is 35.4 Å². The number of rotatable bonds is 5. The van der Waals surface area contributed by atoms with Gasteiger partial charge in [-0.05, 0) is 30.5 Å². The van der Waals surface area contributed by atoms with E-state index in [4.69, 9.17) is 11.6 Å². The largest absolute Gasteiger partial charge is 0.310 e. The molecule has 1 rings (SSSR count). The van der Waals surface area contributed by atoms with Crippen molar-refractivity contribution >= 4 is 11.6 Å². The van der Waals surface area contributed by atoms with Gasteiger partial charge in [0.1, 0.15) is 0 Å². The molecule has 90 valence electrons. The van der Waals surface area contributed by atoms with E-state index in [1.165, 1.54) is 6.07 Å². The van der Waals surface area contributed by atoms with Crippen LogP contribution in [0.15, 0.2) is 18.2 Å². The van der Waals surface area contributed by atoms with Crippen LogP contribution in [0.2, 0.25) is 0 Å². The highest BCUT2D eigenvalue weighted by atomic mass is 35.5. The molecule has 0 aliphatic heterocycles. The summed E-state index contributed by atoms with van der Waals surface area (Å²) in [4.78, 5) is 0. The van der Waals surface area contributed by atoms with Crippen LogP contribution in [-0.2, 0) is 6.54 Å². The first kappa shape index (κ1) is 13.4. The maximum absolute atomic E-state index is 12.9. The lowest BCUT2D eigenvalue weighted by Crippen LogP contribution is -2.32. The van der Waals surface area contributed by atoms with Gasteiger partial charge < -0.3 is 5.32 Å². The van der Waals surface area contributed by atoms with Gasteiger partial charge in [0.25, 0.3) is 0 Å². The summed E-state index contributed by atoms with van der Waals surface area (Å²) in [6, 6.07) is 4.16. The molecule has 0 spiro atoms. The van der Waals surface area contributed by atoms with Crippen LogP contribution >= 0.6 is 11.6 Å². The van der Waals surface area contributed by atoms with E-state index < -0.39 is 11.6 Å². The summed E-state index contributed by atoms with van der Waals surface area (Å²) in [5.41, 5.74) is 0.729. The summed E-state index contributed by atoms with van der Waals surface area (Å²) in [6.45, 7) is 4.57. The van der Waals surface area contributed by atoms with Crippen molar-refractivity contribution in [1.29, 1.82) is 0 Å². The average Bonchev–Trinajstić information content (AvgIpc) is 2.29. The van der Waals surface area contributed by atoms with E-state index in [0.29, 0.717) is 18.3 Å². The molecule has 0 saturated carbocycles. The lowest BCUT2D eigenvalue weighted by atomic mass is 10.1. The van der Waals surface area contributed by atoms with Crippen LogP contribution in [0.3, 0.4) is 0 Å². The molecule has 1 aromatic carbocycles. The molecule has 0 aliphatic carbocycles. The van der Waals surface area contributed by atoms with Gasteiger partial charge in [-0.3, -0.25) is 0 Å². The van der Waals surface area contributed by atoms with Gasteiger partial charge in [0.2, 0.25) is 0 Å². The Morgan fingerprint density at radius 2 is 1.94 bits per heavy atom. The molecule has 0 saturated heterocycles. The number of hydrogen-bond donors (Lipinski definition) is 1. The maximum atomic E-state index is 12.9. The molecule has 0 radical (unpaired) electrons. The Hall–Kier alpha value is -0.670. The van der Waals surface area contributed by atoms with E-state index in [0.717, 1.165) is 11.6 Å². The van der Waals surface area contributed by atoms with E-state index in [9.17, 15) is 8.78 Å². The van der Waals surface area contributed by atoms with Crippen molar-refractivity contribution < 1.29 is 8.78 Å². The van der Waals surface area contributed by atoms with Crippen molar-refractivity contribution in [3.63, 3.8) is 0 Å². The molecule has 2 atom stereocenters. The third-order valence-corrected chi connectivity index (χ3v) is 3.20. The molecule has 0 bridgehead atoms. The van der Waals surface area contributed by atoms with Gasteiger partial charge in [0.05, 0.1) is 0 Å². The topological polar surface area (TPSA) is 12.0 Å². The van der Waals surface area contributed by atoms with Crippen LogP contribution in [0.25, 0.3) is 0 Å². The van der Waals surface area contributed by atoms with Gasteiger partial charge in [-0.15, -0.1) is 11.6 Å². The minimum Gasteiger partial charge on any atom is -0.310 e. The first-order chi connectivity index (χ1) is 7.54. The van der Waals surface area contributed by atoms with Crippen molar-refractivity contribution in [1.82, 2.24) is 5.32 Å². The zero-order chi connectivity index (χ0) is 12.1. The third-order valence-electron chi connectivity index (χ3n) is 2.71. The van der Waals surface area contributed by atoms with Crippen LogP contribution in [0, 0.1) is 17.6 Å². The summed E-state index contributed by atoms with van der Waals surface area (Å²) < 4.78 is 25.6. The van der Waals surface area contributed by atoms with Crippen LogP contribution in [-0.4, -0.2) is 11.9 Å². The lowest BCUT2D eigenvalue weighted by molar-refractivity contribution is 0.428. The molecule has 1 nitrogen and oxygen atoms in total. The molecule has 0 aromatic heterocycles. The fourth-order valence-corrected chi connectivity index (χ4v) is 1.53. The standard InChI is InChI=1S/C12H16ClF2N/c1-8(6-13)9(2)16-7-10-3-4-11(14)12(15)5-10/h3-5,8-9,16H,6-7H2,1-2H3. The minimum atomic E-state index is -0.814. The van der Waals surface area contributed by atoms with Crippen molar-refractivity contribution in [2.75, 3.05) is 5.88 Å². The monoisotopic (exact) mass is 247 g/mol. The molecule has 4 heteroatoms. The highest BCUT2D eigenvalue weighted by Gasteiger charge is 2.10. The normalized spacial score (nSPS) is 14.8. The van der Waals surface area contributed by atoms with Crippen LogP contribution in [0.1, 0.15) is 19.4 Å². The molecule has 0 heterocycles. The van der Waals surface area contributed by atoms with E-state index in [1.807, 2.05) is 13.8 Å². The molecule has 0 aliphatic rings. The molecule has 1 N–H and O–H groups in total. The molecule has 0 fully saturated rings. The van der Waals surface area contributed by atoms with Crippen molar-refractivity contribution in [2.24, 2.45) is 5.92 Å². The van der Waals surface area contributed by atoms with E-state index in [-0.39, 0.29) is 6.04 Å². The molecular weight excluding hydrogens is 232 g/mol. The summed E-state index contributed by atoms with van der Waals surface area (Å²) in [5.74, 6) is -0.707. The second-order valence-electron chi connectivity index (χ2n) is 4.05. The molecular formula is C12H16ClF2N. The number of hydrogen-bond acceptors (Lipinski definition) is 1. The van der Waals surface area contributed by atoms with E-state index >= 15 is 0 Å². The molecule has 2 unspecified atom stereocenters. The van der Waals surface area contributed by atoms with Crippen LogP contribution in [0.5, 0.6) is 0 Å². The Morgan fingerprint density at radius 1 is 1.25 bits per heavy atom. The Labute approximate surface area is 99.8 Å². The number of benzene rings is 1. The molecule has 0 amide bonds. The highest BCUT2D eigenvalue weighted by Crippen LogP contribution is 2.10. The SMILES string of the molecule is CC(CCl)C(C)NCc1ccc(F)c(F)c1. The van der Waals surface area contributed by atoms with Crippen molar-refractivity contribution in [3.8, 4) is 0 Å². The summed E-state index contributed by atoms with van der Waals surface area (Å²) in [5, 5.41) is 3.22. The summed E-state index contributed by atoms with van der Waals surface area (Å²) >= 11 is 5.73. The van der Waals surface area contributed by atoms with Crippen LogP contribution in [0.4, 0.5) is 8.78 Å². The zero-order valence-corrected chi connectivity index (χ0v) is 10.2. The molecule has 1 aromatic rings. The summed E-state index contributed by atoms with van der Waals surface area (Å²) in [7, 11) is 0. The fraction of sp³-hybridized carbons (Fsp3) is 0.500. The smallest absolute Gasteiger partial charge is 0.159 e. The second kappa shape index (κ2) is 6.16. The summed E-state index contributed by atoms with van der Waals surface area (Å²) in [6.07, 6.45) is 0. The van der Waals surface area contributed by atoms with Gasteiger partial charge in [-0.1, -0.05) is 13.0 Å². The molecule has 16 heavy (non-hydrogen) atoms. The number of nitrogens with one attached hydrogen (secondary N) is 1. The number of alkyl halides is 1. The van der Waals surface area contributed by atoms with Gasteiger partial charge in [-0.25, -0.2) is 8.78 Å². The minimum absolute atomic E-state index is 0.241. The maximum Gasteiger partial charge on any atom is 0.159 e. The second-order valence-corrected chi connectivity index (χ2v) is 4.36. The first-order valence-corrected chi connectivity index (χ1v) is 5.81. The highest BCUT2D eigenvalue weighted by molar-refractivity contribution is 6.18. The first-order valence-electron chi connectivity index (χ1n) is 5.28. The average molecular weight is 248 g/mol. The predicted octanol–water partition coefficient (Wildman–Crippen LogP) is 3.32. The Balaban J connectivity index is 2.51. The van der Waals surface area contributed by atoms with Gasteiger partial charge in [-0.2, -0.15) is 0 Å². The fourth-order valence-electron chi connectivity index (χ4n) is 1.26. The van der Waals surface area contributed by atoms with Crippen molar-refractivity contribution in [2.45, 2.75) is 26.4 Å². The lowest BCUT2D eigenvalue weighted by Gasteiger charge is -2.19. The zero-order valence-electron chi connectivity index (χ0n) is 9.43. The Kier molecular flexibility index (Phi) is 5.16. The number of halogens is 3. The quantitative estimate of drug-likeness (QED) is 0.787. The Morgan fingerprint density at radius 3 is 2.50 bits per heavy atom. The third kappa shape index (κ3) is 3.72. The van der Waals surface area contributed by atoms with Gasteiger partial charge in [0.15, 0.2) is 11.6 Å². The van der Waals surface area contributed by atoms with Gasteiger partial charge in [0, 0.05) is 18.5 Å². The predicted molar refractivity (Wildman–Crippen MR) is 62.5 cm³/mol. The van der Waals surface area contributed by atoms with E-state index in [1.54, 1.807) is 6.07 Å².